The number of halogens is 6. The molecule has 0 aromatic heterocycles. The van der Waals surface area contributed by atoms with Crippen LogP contribution in [-0.4, -0.2) is 91.4 Å². The monoisotopic (exact) mass is 782 g/mol. The summed E-state index contributed by atoms with van der Waals surface area (Å²) in [7, 11) is 1.46. The second kappa shape index (κ2) is 18.3. The zero-order valence-electron chi connectivity index (χ0n) is 31.2. The van der Waals surface area contributed by atoms with Crippen LogP contribution in [-0.2, 0) is 19.1 Å². The molecule has 0 radical (unpaired) electrons. The molecule has 0 saturated carbocycles. The van der Waals surface area contributed by atoms with Gasteiger partial charge in [-0.3, -0.25) is 19.3 Å². The van der Waals surface area contributed by atoms with Gasteiger partial charge in [-0.15, -0.1) is 0 Å². The molecule has 0 spiro atoms. The van der Waals surface area contributed by atoms with E-state index in [4.69, 9.17) is 4.74 Å². The molecule has 2 aromatic rings. The number of aliphatic imine (C=N–C) groups is 1. The van der Waals surface area contributed by atoms with Gasteiger partial charge in [-0.2, -0.15) is 26.3 Å². The minimum Gasteiger partial charge on any atom is -0.444 e. The van der Waals surface area contributed by atoms with Crippen LogP contribution in [0.15, 0.2) is 59.6 Å². The van der Waals surface area contributed by atoms with Crippen LogP contribution in [0.4, 0.5) is 36.8 Å². The summed E-state index contributed by atoms with van der Waals surface area (Å²) in [4.78, 5) is 61.4. The minimum absolute atomic E-state index is 0.119. The molecule has 17 heteroatoms. The molecule has 2 aromatic carbocycles. The highest BCUT2D eigenvalue weighted by molar-refractivity contribution is 6.20. The fraction of sp³-hybridized carbons (Fsp3) is 0.553. The molecule has 302 valence electrons. The van der Waals surface area contributed by atoms with Gasteiger partial charge in [-0.25, -0.2) is 9.79 Å². The van der Waals surface area contributed by atoms with E-state index in [-0.39, 0.29) is 12.7 Å². The highest BCUT2D eigenvalue weighted by atomic mass is 19.4. The lowest BCUT2D eigenvalue weighted by Crippen LogP contribution is -2.52. The number of hydrogen-bond acceptors (Lipinski definition) is 7. The lowest BCUT2D eigenvalue weighted by atomic mass is 9.83. The first kappa shape index (κ1) is 43.1. The highest BCUT2D eigenvalue weighted by Gasteiger charge is 2.41. The Balaban J connectivity index is 1.56. The summed E-state index contributed by atoms with van der Waals surface area (Å²) in [5.74, 6) is -6.10. The standard InChI is InChI=1S/C38H48F6N6O5/c1-36(2,3)55-35(54)46-25-17-21-50(22-18-25)23-45-32(51)27(16-20-38(42,43)44)26(14-10-19-37(39,40)41)33(52)48-31-34(53)49(4)29-15-9-8-13-28(29)30(47-31)24-11-6-5-7-12-24/h5-9,11-13,15,25-27,31H,10,14,16-23H2,1-4H3,(H,45,51)(H,46,54)(H,48,52)/t26-,27+,31-/m1/s1. The Kier molecular flexibility index (Phi) is 14.3. The largest absolute Gasteiger partial charge is 0.444 e. The molecule has 55 heavy (non-hydrogen) atoms. The average molecular weight is 783 g/mol. The molecule has 0 bridgehead atoms. The normalized spacial score (nSPS) is 18.4. The number of benzene rings is 2. The van der Waals surface area contributed by atoms with Crippen LogP contribution in [0.2, 0.25) is 0 Å². The van der Waals surface area contributed by atoms with Crippen LogP contribution in [0.3, 0.4) is 0 Å². The number of piperidine rings is 1. The molecule has 0 aliphatic carbocycles. The van der Waals surface area contributed by atoms with Crippen molar-refractivity contribution in [2.24, 2.45) is 16.8 Å². The molecule has 1 saturated heterocycles. The number of alkyl halides is 6. The van der Waals surface area contributed by atoms with E-state index in [0.717, 1.165) is 0 Å². The highest BCUT2D eigenvalue weighted by Crippen LogP contribution is 2.33. The van der Waals surface area contributed by atoms with Crippen molar-refractivity contribution in [3.63, 3.8) is 0 Å². The van der Waals surface area contributed by atoms with Gasteiger partial charge >= 0.3 is 18.4 Å². The molecule has 3 atom stereocenters. The Morgan fingerprint density at radius 3 is 2.05 bits per heavy atom. The molecule has 4 rings (SSSR count). The molecule has 11 nitrogen and oxygen atoms in total. The number of amides is 4. The van der Waals surface area contributed by atoms with Crippen molar-refractivity contribution in [1.29, 1.82) is 0 Å². The number of carbonyl (C=O) groups is 4. The van der Waals surface area contributed by atoms with Crippen LogP contribution in [0.25, 0.3) is 0 Å². The van der Waals surface area contributed by atoms with E-state index in [1.165, 1.54) is 11.9 Å². The summed E-state index contributed by atoms with van der Waals surface area (Å²) in [6.07, 6.45) is -15.6. The molecule has 3 N–H and O–H groups in total. The molecular formula is C38H48F6N6O5. The first-order valence-electron chi connectivity index (χ1n) is 18.1. The van der Waals surface area contributed by atoms with Gasteiger partial charge in [0.1, 0.15) is 5.60 Å². The zero-order valence-corrected chi connectivity index (χ0v) is 31.2. The van der Waals surface area contributed by atoms with E-state index in [2.05, 4.69) is 20.9 Å². The summed E-state index contributed by atoms with van der Waals surface area (Å²) < 4.78 is 85.9. The van der Waals surface area contributed by atoms with Gasteiger partial charge in [0.15, 0.2) is 0 Å². The Morgan fingerprint density at radius 2 is 1.44 bits per heavy atom. The van der Waals surface area contributed by atoms with Crippen molar-refractivity contribution in [1.82, 2.24) is 20.9 Å². The smallest absolute Gasteiger partial charge is 0.407 e. The number of rotatable bonds is 13. The number of para-hydroxylation sites is 1. The van der Waals surface area contributed by atoms with Crippen molar-refractivity contribution >= 4 is 35.2 Å². The lowest BCUT2D eigenvalue weighted by molar-refractivity contribution is -0.148. The SMILES string of the molecule is CN1C(=O)[C@@H](NC(=O)[C@H](CCCC(F)(F)F)[C@H](CCC(F)(F)F)C(=O)NCN2CCC(NC(=O)OC(C)(C)C)CC2)N=C(c2ccccc2)c2ccccc21. The number of alkyl carbamates (subject to hydrolysis) is 1. The van der Waals surface area contributed by atoms with Crippen molar-refractivity contribution in [3.05, 3.63) is 65.7 Å². The first-order chi connectivity index (χ1) is 25.7. The number of fused-ring (bicyclic) bond motifs is 1. The summed E-state index contributed by atoms with van der Waals surface area (Å²) in [6, 6.07) is 15.4. The van der Waals surface area contributed by atoms with Crippen LogP contribution in [0, 0.1) is 11.8 Å². The maximum absolute atomic E-state index is 14.1. The third-order valence-corrected chi connectivity index (χ3v) is 9.33. The Bertz CT molecular complexity index is 1670. The topological polar surface area (TPSA) is 132 Å². The van der Waals surface area contributed by atoms with E-state index in [1.807, 2.05) is 0 Å². The maximum atomic E-state index is 14.1. The van der Waals surface area contributed by atoms with E-state index in [9.17, 15) is 45.5 Å². The second-order valence-corrected chi connectivity index (χ2v) is 14.8. The fourth-order valence-electron chi connectivity index (χ4n) is 6.59. The number of anilines is 1. The lowest BCUT2D eigenvalue weighted by Gasteiger charge is -2.33. The number of nitrogens with zero attached hydrogens (tertiary/aromatic N) is 3. The zero-order chi connectivity index (χ0) is 40.6. The number of benzodiazepines with no additional fused rings is 1. The summed E-state index contributed by atoms with van der Waals surface area (Å²) >= 11 is 0. The number of likely N-dealkylation sites (N-methyl/N-ethyl adjacent to an activating group) is 1. The van der Waals surface area contributed by atoms with E-state index in [1.54, 1.807) is 80.3 Å². The molecule has 2 aliphatic rings. The van der Waals surface area contributed by atoms with E-state index >= 15 is 0 Å². The third-order valence-electron chi connectivity index (χ3n) is 9.33. The van der Waals surface area contributed by atoms with Crippen LogP contribution >= 0.6 is 0 Å². The molecule has 1 fully saturated rings. The Morgan fingerprint density at radius 1 is 0.836 bits per heavy atom. The van der Waals surface area contributed by atoms with E-state index in [0.29, 0.717) is 48.5 Å². The second-order valence-electron chi connectivity index (χ2n) is 14.8. The molecule has 4 amide bonds. The van der Waals surface area contributed by atoms with Crippen molar-refractivity contribution in [3.8, 4) is 0 Å². The molecule has 2 aliphatic heterocycles. The fourth-order valence-corrected chi connectivity index (χ4v) is 6.59. The summed E-state index contributed by atoms with van der Waals surface area (Å²) in [6.45, 7) is 5.86. The van der Waals surface area contributed by atoms with Gasteiger partial charge in [-0.1, -0.05) is 48.5 Å². The number of hydrogen-bond donors (Lipinski definition) is 3. The van der Waals surface area contributed by atoms with Crippen molar-refractivity contribution in [2.45, 2.75) is 95.9 Å². The van der Waals surface area contributed by atoms with Crippen LogP contribution in [0.1, 0.15) is 76.8 Å². The Labute approximate surface area is 316 Å². The van der Waals surface area contributed by atoms with Crippen LogP contribution < -0.4 is 20.9 Å². The minimum atomic E-state index is -4.74. The quantitative estimate of drug-likeness (QED) is 0.204. The van der Waals surface area contributed by atoms with Gasteiger partial charge < -0.3 is 25.6 Å². The summed E-state index contributed by atoms with van der Waals surface area (Å²) in [5.41, 5.74) is 1.23. The predicted octanol–water partition coefficient (Wildman–Crippen LogP) is 6.31. The van der Waals surface area contributed by atoms with Gasteiger partial charge in [0.25, 0.3) is 5.91 Å². The molecular weight excluding hydrogens is 734 g/mol. The van der Waals surface area contributed by atoms with Gasteiger partial charge in [-0.05, 0) is 58.9 Å². The number of nitrogens with one attached hydrogen (secondary N) is 3. The van der Waals surface area contributed by atoms with Crippen molar-refractivity contribution in [2.75, 3.05) is 31.7 Å². The average Bonchev–Trinajstić information content (AvgIpc) is 3.19. The van der Waals surface area contributed by atoms with E-state index < -0.39 is 91.9 Å². The predicted molar refractivity (Wildman–Crippen MR) is 193 cm³/mol. The van der Waals surface area contributed by atoms with Gasteiger partial charge in [0, 0.05) is 62.0 Å². The number of ether oxygens (including phenoxy) is 1. The van der Waals surface area contributed by atoms with Crippen LogP contribution in [0.5, 0.6) is 0 Å². The third kappa shape index (κ3) is 13.2. The van der Waals surface area contributed by atoms with Crippen molar-refractivity contribution < 1.29 is 50.3 Å². The first-order valence-corrected chi connectivity index (χ1v) is 18.1. The van der Waals surface area contributed by atoms with Gasteiger partial charge in [0.05, 0.1) is 18.1 Å². The maximum Gasteiger partial charge on any atom is 0.407 e. The van der Waals surface area contributed by atoms with Gasteiger partial charge in [0.2, 0.25) is 18.0 Å². The molecule has 0 unspecified atom stereocenters. The summed E-state index contributed by atoms with van der Waals surface area (Å²) in [5, 5.41) is 7.85. The Hall–Kier alpha value is -4.67. The number of carbonyl (C=O) groups excluding carboxylic acids is 4. The number of likely N-dealkylation sites (tertiary alicyclic amines) is 1. The molecule has 2 heterocycles.